The Kier molecular flexibility index (Phi) is 5.69. The molecule has 0 saturated carbocycles. The summed E-state index contributed by atoms with van der Waals surface area (Å²) in [5.74, 6) is 0.808. The third kappa shape index (κ3) is 4.06. The Labute approximate surface area is 181 Å². The Balaban J connectivity index is 1.71. The van der Waals surface area contributed by atoms with Gasteiger partial charge in [-0.2, -0.15) is 0 Å². The molecule has 4 rings (SSSR count). The molecule has 0 atom stereocenters. The van der Waals surface area contributed by atoms with E-state index >= 15 is 0 Å². The first-order valence-corrected chi connectivity index (χ1v) is 10.1. The van der Waals surface area contributed by atoms with Gasteiger partial charge in [-0.25, -0.2) is 0 Å². The summed E-state index contributed by atoms with van der Waals surface area (Å²) in [5, 5.41) is 3.49. The Hall–Kier alpha value is -3.02. The Bertz CT molecular complexity index is 1060. The van der Waals surface area contributed by atoms with Gasteiger partial charge >= 0.3 is 0 Å². The minimum Gasteiger partial charge on any atom is -0.497 e. The molecule has 5 heteroatoms. The van der Waals surface area contributed by atoms with Gasteiger partial charge in [0.2, 0.25) is 0 Å². The van der Waals surface area contributed by atoms with Crippen LogP contribution < -0.4 is 10.1 Å². The highest BCUT2D eigenvalue weighted by Gasteiger charge is 2.33. The van der Waals surface area contributed by atoms with E-state index in [1.165, 1.54) is 0 Å². The molecule has 3 aromatic carbocycles. The quantitative estimate of drug-likeness (QED) is 0.521. The monoisotopic (exact) mass is 416 g/mol. The number of methoxy groups -OCH3 is 1. The van der Waals surface area contributed by atoms with Crippen molar-refractivity contribution in [2.24, 2.45) is 0 Å². The molecule has 3 nitrogen and oxygen atoms in total. The maximum atomic E-state index is 5.87. The number of rotatable bonds is 6. The largest absolute Gasteiger partial charge is 0.497 e. The maximum Gasteiger partial charge on any atom is 0.131 e. The van der Waals surface area contributed by atoms with Gasteiger partial charge in [-0.15, -0.1) is 0 Å². The predicted molar refractivity (Wildman–Crippen MR) is 127 cm³/mol. The molecule has 0 aromatic heterocycles. The molecule has 0 radical (unpaired) electrons. The second kappa shape index (κ2) is 8.55. The normalized spacial score (nSPS) is 13.8. The number of thiocarbonyl (C=S) groups is 2. The van der Waals surface area contributed by atoms with Crippen LogP contribution in [-0.4, -0.2) is 22.0 Å². The molecule has 1 aliphatic heterocycles. The van der Waals surface area contributed by atoms with Crippen LogP contribution in [0.1, 0.15) is 11.1 Å². The number of anilines is 1. The van der Waals surface area contributed by atoms with Crippen molar-refractivity contribution in [2.45, 2.75) is 6.54 Å². The molecule has 0 amide bonds. The van der Waals surface area contributed by atoms with E-state index in [1.807, 2.05) is 65.6 Å². The molecule has 1 N–H and O–H groups in total. The fourth-order valence-corrected chi connectivity index (χ4v) is 4.04. The van der Waals surface area contributed by atoms with Crippen molar-refractivity contribution in [2.75, 3.05) is 12.4 Å². The van der Waals surface area contributed by atoms with Crippen molar-refractivity contribution in [3.8, 4) is 5.75 Å². The first kappa shape index (κ1) is 19.3. The highest BCUT2D eigenvalue weighted by Crippen LogP contribution is 2.33. The van der Waals surface area contributed by atoms with Crippen molar-refractivity contribution in [1.29, 1.82) is 0 Å². The standard InChI is InChI=1S/C24H20N2OS2/c1-27-20-14-12-19(13-15-20)25-22-21(18-10-6-3-7-11-18)23(28)26(24(22)29)16-17-8-4-2-5-9-17/h2-15,25H,16H2,1H3. The minimum absolute atomic E-state index is 0.642. The van der Waals surface area contributed by atoms with Gasteiger partial charge in [0, 0.05) is 17.8 Å². The third-order valence-corrected chi connectivity index (χ3v) is 5.62. The van der Waals surface area contributed by atoms with Gasteiger partial charge in [0.25, 0.3) is 0 Å². The molecule has 1 heterocycles. The fourth-order valence-electron chi connectivity index (χ4n) is 3.29. The number of hydrogen-bond donors (Lipinski definition) is 1. The van der Waals surface area contributed by atoms with Crippen molar-refractivity contribution in [1.82, 2.24) is 4.90 Å². The number of nitrogens with zero attached hydrogens (tertiary/aromatic N) is 1. The van der Waals surface area contributed by atoms with Gasteiger partial charge in [-0.1, -0.05) is 85.1 Å². The molecule has 0 bridgehead atoms. The molecular weight excluding hydrogens is 396 g/mol. The molecule has 144 valence electrons. The lowest BCUT2D eigenvalue weighted by atomic mass is 10.1. The van der Waals surface area contributed by atoms with Gasteiger partial charge in [0.15, 0.2) is 0 Å². The summed E-state index contributed by atoms with van der Waals surface area (Å²) in [6.07, 6.45) is 0. The lowest BCUT2D eigenvalue weighted by molar-refractivity contribution is 0.415. The van der Waals surface area contributed by atoms with Crippen LogP contribution in [0.15, 0.2) is 90.6 Å². The van der Waals surface area contributed by atoms with E-state index in [0.717, 1.165) is 38.8 Å². The van der Waals surface area contributed by atoms with Crippen LogP contribution in [0.5, 0.6) is 5.75 Å². The van der Waals surface area contributed by atoms with Gasteiger partial charge in [-0.05, 0) is 35.4 Å². The van der Waals surface area contributed by atoms with E-state index in [4.69, 9.17) is 29.2 Å². The molecule has 0 saturated heterocycles. The Morgan fingerprint density at radius 2 is 1.41 bits per heavy atom. The fraction of sp³-hybridized carbons (Fsp3) is 0.0833. The van der Waals surface area contributed by atoms with Crippen LogP contribution in [0.25, 0.3) is 5.57 Å². The van der Waals surface area contributed by atoms with Crippen LogP contribution in [0.3, 0.4) is 0 Å². The van der Waals surface area contributed by atoms with Crippen LogP contribution in [0, 0.1) is 0 Å². The molecule has 0 spiro atoms. The Morgan fingerprint density at radius 3 is 2.03 bits per heavy atom. The van der Waals surface area contributed by atoms with Crippen molar-refractivity contribution in [3.05, 3.63) is 102 Å². The molecular formula is C24H20N2OS2. The van der Waals surface area contributed by atoms with E-state index in [-0.39, 0.29) is 0 Å². The van der Waals surface area contributed by atoms with E-state index in [0.29, 0.717) is 11.5 Å². The Morgan fingerprint density at radius 1 is 0.793 bits per heavy atom. The summed E-state index contributed by atoms with van der Waals surface area (Å²) in [5.41, 5.74) is 4.96. The van der Waals surface area contributed by atoms with E-state index in [2.05, 4.69) is 29.6 Å². The van der Waals surface area contributed by atoms with Gasteiger partial charge in [-0.3, -0.25) is 0 Å². The third-order valence-electron chi connectivity index (χ3n) is 4.77. The first-order valence-electron chi connectivity index (χ1n) is 9.28. The number of hydrogen-bond acceptors (Lipinski definition) is 4. The van der Waals surface area contributed by atoms with Crippen molar-refractivity contribution in [3.63, 3.8) is 0 Å². The second-order valence-electron chi connectivity index (χ2n) is 6.65. The molecule has 1 aliphatic rings. The average Bonchev–Trinajstić information content (AvgIpc) is 3.00. The number of ether oxygens (including phenoxy) is 1. The van der Waals surface area contributed by atoms with Gasteiger partial charge in [0.05, 0.1) is 12.8 Å². The van der Waals surface area contributed by atoms with E-state index in [1.54, 1.807) is 7.11 Å². The zero-order valence-corrected chi connectivity index (χ0v) is 17.6. The minimum atomic E-state index is 0.642. The zero-order chi connectivity index (χ0) is 20.2. The molecule has 29 heavy (non-hydrogen) atoms. The van der Waals surface area contributed by atoms with Crippen molar-refractivity contribution < 1.29 is 4.74 Å². The topological polar surface area (TPSA) is 24.5 Å². The zero-order valence-electron chi connectivity index (χ0n) is 16.0. The van der Waals surface area contributed by atoms with Crippen LogP contribution >= 0.6 is 24.4 Å². The lowest BCUT2D eigenvalue weighted by Crippen LogP contribution is -2.29. The highest BCUT2D eigenvalue weighted by atomic mass is 32.1. The predicted octanol–water partition coefficient (Wildman–Crippen LogP) is 5.69. The van der Waals surface area contributed by atoms with Gasteiger partial charge < -0.3 is 15.0 Å². The summed E-state index contributed by atoms with van der Waals surface area (Å²) in [6, 6.07) is 28.2. The second-order valence-corrected chi connectivity index (χ2v) is 7.42. The van der Waals surface area contributed by atoms with Crippen molar-refractivity contribution >= 4 is 45.7 Å². The molecule has 0 aliphatic carbocycles. The van der Waals surface area contributed by atoms with Gasteiger partial charge in [0.1, 0.15) is 15.7 Å². The van der Waals surface area contributed by atoms with E-state index < -0.39 is 0 Å². The van der Waals surface area contributed by atoms with E-state index in [9.17, 15) is 0 Å². The SMILES string of the molecule is COc1ccc(NC2=C(c3ccccc3)C(=S)N(Cc3ccccc3)C2=S)cc1. The molecule has 3 aromatic rings. The summed E-state index contributed by atoms with van der Waals surface area (Å²) in [4.78, 5) is 3.46. The lowest BCUT2D eigenvalue weighted by Gasteiger charge is -2.20. The summed E-state index contributed by atoms with van der Waals surface area (Å²) < 4.78 is 5.26. The first-order chi connectivity index (χ1) is 14.2. The smallest absolute Gasteiger partial charge is 0.131 e. The summed E-state index contributed by atoms with van der Waals surface area (Å²) >= 11 is 11.7. The highest BCUT2D eigenvalue weighted by molar-refractivity contribution is 7.83. The maximum absolute atomic E-state index is 5.87. The van der Waals surface area contributed by atoms with Crippen LogP contribution in [0.4, 0.5) is 5.69 Å². The number of nitrogens with one attached hydrogen (secondary N) is 1. The molecule has 0 fully saturated rings. The summed E-state index contributed by atoms with van der Waals surface area (Å²) in [6.45, 7) is 0.642. The number of benzene rings is 3. The average molecular weight is 417 g/mol. The van der Waals surface area contributed by atoms with Crippen LogP contribution in [0.2, 0.25) is 0 Å². The molecule has 0 unspecified atom stereocenters. The van der Waals surface area contributed by atoms with Crippen LogP contribution in [-0.2, 0) is 6.54 Å². The summed E-state index contributed by atoms with van der Waals surface area (Å²) in [7, 11) is 1.66.